The van der Waals surface area contributed by atoms with E-state index in [4.69, 9.17) is 0 Å². The Hall–Kier alpha value is -1.45. The average Bonchev–Trinajstić information content (AvgIpc) is 2.92. The topological polar surface area (TPSA) is 50.3 Å². The monoisotopic (exact) mass is 404 g/mol. The lowest BCUT2D eigenvalue weighted by molar-refractivity contribution is -0.138. The normalized spacial score (nSPS) is 18.2. The molecule has 0 saturated heterocycles. The number of rotatable bonds is 3. The Morgan fingerprint density at radius 2 is 1.96 bits per heavy atom. The van der Waals surface area contributed by atoms with E-state index in [2.05, 4.69) is 4.98 Å². The molecule has 1 aromatic carbocycles. The van der Waals surface area contributed by atoms with Gasteiger partial charge in [-0.2, -0.15) is 17.5 Å². The van der Waals surface area contributed by atoms with Crippen LogP contribution in [0.1, 0.15) is 45.6 Å². The van der Waals surface area contributed by atoms with Gasteiger partial charge >= 0.3 is 6.18 Å². The summed E-state index contributed by atoms with van der Waals surface area (Å²) in [5, 5.41) is 0.887. The first-order valence-electron chi connectivity index (χ1n) is 8.14. The first-order valence-corrected chi connectivity index (χ1v) is 10.4. The number of halogens is 3. The van der Waals surface area contributed by atoms with E-state index >= 15 is 0 Å². The number of nitrogens with zero attached hydrogens (tertiary/aromatic N) is 2. The van der Waals surface area contributed by atoms with Crippen LogP contribution in [0.15, 0.2) is 23.1 Å². The minimum Gasteiger partial charge on any atom is -0.246 e. The van der Waals surface area contributed by atoms with E-state index < -0.39 is 21.8 Å². The summed E-state index contributed by atoms with van der Waals surface area (Å²) in [5.74, 6) is 0. The molecule has 0 saturated carbocycles. The van der Waals surface area contributed by atoms with E-state index in [0.29, 0.717) is 6.42 Å². The molecule has 0 aliphatic heterocycles. The van der Waals surface area contributed by atoms with Gasteiger partial charge in [0, 0.05) is 11.9 Å². The maximum absolute atomic E-state index is 13.0. The van der Waals surface area contributed by atoms with E-state index in [1.165, 1.54) is 29.6 Å². The predicted molar refractivity (Wildman–Crippen MR) is 93.7 cm³/mol. The summed E-state index contributed by atoms with van der Waals surface area (Å²) in [5.41, 5.74) is -0.00326. The number of sulfonamides is 1. The molecule has 1 unspecified atom stereocenters. The molecular weight excluding hydrogens is 385 g/mol. The van der Waals surface area contributed by atoms with Gasteiger partial charge in [-0.1, -0.05) is 0 Å². The Morgan fingerprint density at radius 1 is 1.27 bits per heavy atom. The first kappa shape index (κ1) is 19.3. The van der Waals surface area contributed by atoms with Crippen molar-refractivity contribution < 1.29 is 21.6 Å². The summed E-state index contributed by atoms with van der Waals surface area (Å²) in [7, 11) is -2.43. The molecule has 1 atom stereocenters. The average molecular weight is 404 g/mol. The van der Waals surface area contributed by atoms with Crippen molar-refractivity contribution in [1.29, 1.82) is 0 Å². The molecule has 0 fully saturated rings. The van der Waals surface area contributed by atoms with Crippen LogP contribution < -0.4 is 0 Å². The first-order chi connectivity index (χ1) is 12.0. The van der Waals surface area contributed by atoms with Gasteiger partial charge in [-0.15, -0.1) is 11.3 Å². The second kappa shape index (κ2) is 6.61. The van der Waals surface area contributed by atoms with E-state index in [1.807, 2.05) is 6.92 Å². The molecule has 1 aliphatic carbocycles. The van der Waals surface area contributed by atoms with Crippen molar-refractivity contribution in [1.82, 2.24) is 9.29 Å². The fraction of sp³-hybridized carbons (Fsp3) is 0.471. The van der Waals surface area contributed by atoms with E-state index in [9.17, 15) is 21.6 Å². The predicted octanol–water partition coefficient (Wildman–Crippen LogP) is 4.48. The van der Waals surface area contributed by atoms with Crippen molar-refractivity contribution in [3.05, 3.63) is 44.9 Å². The van der Waals surface area contributed by atoms with Crippen LogP contribution >= 0.6 is 11.3 Å². The Balaban J connectivity index is 1.97. The Labute approximate surface area is 154 Å². The van der Waals surface area contributed by atoms with Crippen LogP contribution in [0.2, 0.25) is 0 Å². The lowest BCUT2D eigenvalue weighted by atomic mass is 9.98. The number of alkyl halides is 3. The Bertz CT molecular complexity index is 936. The van der Waals surface area contributed by atoms with Crippen LogP contribution in [-0.2, 0) is 22.6 Å². The number of aryl methyl sites for hydroxylation is 3. The number of benzene rings is 1. The largest absolute Gasteiger partial charge is 0.416 e. The van der Waals surface area contributed by atoms with Crippen molar-refractivity contribution in [2.24, 2.45) is 0 Å². The van der Waals surface area contributed by atoms with Crippen molar-refractivity contribution in [3.63, 3.8) is 0 Å². The quantitative estimate of drug-likeness (QED) is 0.758. The van der Waals surface area contributed by atoms with Crippen LogP contribution in [0.4, 0.5) is 13.2 Å². The van der Waals surface area contributed by atoms with Crippen LogP contribution in [0.5, 0.6) is 0 Å². The van der Waals surface area contributed by atoms with Gasteiger partial charge in [0.1, 0.15) is 0 Å². The van der Waals surface area contributed by atoms with Crippen molar-refractivity contribution in [2.75, 3.05) is 7.05 Å². The molecule has 0 amide bonds. The lowest BCUT2D eigenvalue weighted by Gasteiger charge is -2.30. The standard InChI is InChI=1S/C17H19F3N2O2S2/c1-10-9-12(7-8-13(10)17(18,19)20)26(23,24)22(3)15-6-4-5-14-16(15)25-11(2)21-14/h7-9,15H,4-6H2,1-3H3. The maximum atomic E-state index is 13.0. The van der Waals surface area contributed by atoms with Crippen molar-refractivity contribution in [2.45, 2.75) is 50.2 Å². The molecule has 142 valence electrons. The molecule has 2 aromatic rings. The molecule has 1 aliphatic rings. The third-order valence-electron chi connectivity index (χ3n) is 4.65. The Morgan fingerprint density at radius 3 is 2.58 bits per heavy atom. The van der Waals surface area contributed by atoms with E-state index in [1.54, 1.807) is 0 Å². The molecule has 1 heterocycles. The third-order valence-corrected chi connectivity index (χ3v) is 7.62. The second-order valence-corrected chi connectivity index (χ2v) is 9.68. The molecule has 26 heavy (non-hydrogen) atoms. The van der Waals surface area contributed by atoms with E-state index in [-0.39, 0.29) is 16.5 Å². The molecule has 0 spiro atoms. The summed E-state index contributed by atoms with van der Waals surface area (Å²) in [4.78, 5) is 5.27. The van der Waals surface area contributed by atoms with Crippen LogP contribution in [0, 0.1) is 13.8 Å². The molecule has 0 bridgehead atoms. The minimum absolute atomic E-state index is 0.107. The number of thiazole rings is 1. The third kappa shape index (κ3) is 3.39. The zero-order chi connectivity index (χ0) is 19.3. The number of fused-ring (bicyclic) bond motifs is 1. The van der Waals surface area contributed by atoms with Gasteiger partial charge in [-0.3, -0.25) is 0 Å². The SMILES string of the molecule is Cc1nc2c(s1)C(N(C)S(=O)(=O)c1ccc(C(F)(F)F)c(C)c1)CCC2. The zero-order valence-corrected chi connectivity index (χ0v) is 16.2. The highest BCUT2D eigenvalue weighted by atomic mass is 32.2. The highest BCUT2D eigenvalue weighted by molar-refractivity contribution is 7.89. The summed E-state index contributed by atoms with van der Waals surface area (Å²) >= 11 is 1.48. The molecule has 0 radical (unpaired) electrons. The molecular formula is C17H19F3N2O2S2. The van der Waals surface area contributed by atoms with Gasteiger partial charge in [0.2, 0.25) is 10.0 Å². The van der Waals surface area contributed by atoms with Gasteiger partial charge in [-0.25, -0.2) is 13.4 Å². The lowest BCUT2D eigenvalue weighted by Crippen LogP contribution is -2.33. The van der Waals surface area contributed by atoms with Gasteiger partial charge in [0.25, 0.3) is 0 Å². The summed E-state index contributed by atoms with van der Waals surface area (Å²) < 4.78 is 66.0. The molecule has 3 rings (SSSR count). The van der Waals surface area contributed by atoms with Gasteiger partial charge < -0.3 is 0 Å². The van der Waals surface area contributed by atoms with Crippen LogP contribution in [0.3, 0.4) is 0 Å². The summed E-state index contributed by atoms with van der Waals surface area (Å²) in [6.45, 7) is 3.15. The highest BCUT2D eigenvalue weighted by Gasteiger charge is 2.36. The maximum Gasteiger partial charge on any atom is 0.416 e. The number of hydrogen-bond donors (Lipinski definition) is 0. The summed E-state index contributed by atoms with van der Waals surface area (Å²) in [6.07, 6.45) is -2.18. The minimum atomic E-state index is -4.50. The summed E-state index contributed by atoms with van der Waals surface area (Å²) in [6, 6.07) is 2.62. The highest BCUT2D eigenvalue weighted by Crippen LogP contribution is 2.40. The fourth-order valence-electron chi connectivity index (χ4n) is 3.31. The molecule has 0 N–H and O–H groups in total. The molecule has 4 nitrogen and oxygen atoms in total. The molecule has 1 aromatic heterocycles. The Kier molecular flexibility index (Phi) is 4.91. The van der Waals surface area contributed by atoms with Gasteiger partial charge in [0.05, 0.1) is 27.2 Å². The fourth-order valence-corrected chi connectivity index (χ4v) is 5.98. The molecule has 9 heteroatoms. The smallest absolute Gasteiger partial charge is 0.246 e. The van der Waals surface area contributed by atoms with E-state index in [0.717, 1.165) is 46.6 Å². The second-order valence-electron chi connectivity index (χ2n) is 6.45. The van der Waals surface area contributed by atoms with Crippen LogP contribution in [0.25, 0.3) is 0 Å². The van der Waals surface area contributed by atoms with Gasteiger partial charge in [0.15, 0.2) is 0 Å². The number of hydrogen-bond acceptors (Lipinski definition) is 4. The number of aromatic nitrogens is 1. The van der Waals surface area contributed by atoms with Crippen molar-refractivity contribution >= 4 is 21.4 Å². The van der Waals surface area contributed by atoms with Gasteiger partial charge in [-0.05, 0) is 56.9 Å². The van der Waals surface area contributed by atoms with Crippen LogP contribution in [-0.4, -0.2) is 24.8 Å². The van der Waals surface area contributed by atoms with Crippen molar-refractivity contribution in [3.8, 4) is 0 Å². The zero-order valence-electron chi connectivity index (χ0n) is 14.6.